The molecular weight excluding hydrogens is 656 g/mol. The summed E-state index contributed by atoms with van der Waals surface area (Å²) in [5.41, 5.74) is 0.701. The second kappa shape index (κ2) is 17.2. The molecule has 2 aliphatic carbocycles. The quantitative estimate of drug-likeness (QED) is 0.177. The van der Waals surface area contributed by atoms with Gasteiger partial charge >= 0.3 is 0 Å². The number of hydrogen-bond donors (Lipinski definition) is 3. The lowest BCUT2D eigenvalue weighted by Gasteiger charge is -2.39. The van der Waals surface area contributed by atoms with Gasteiger partial charge in [-0.3, -0.25) is 9.59 Å². The fourth-order valence-corrected chi connectivity index (χ4v) is 7.47. The predicted octanol–water partition coefficient (Wildman–Crippen LogP) is 4.64. The number of imide groups is 1. The second-order valence-electron chi connectivity index (χ2n) is 15.1. The largest absolute Gasteiger partial charge is 0.396 e. The minimum absolute atomic E-state index is 0.175. The van der Waals surface area contributed by atoms with Gasteiger partial charge < -0.3 is 38.8 Å². The fraction of sp³-hybridized carbons (Fsp3) is 0.684. The molecule has 0 bridgehead atoms. The highest BCUT2D eigenvalue weighted by Crippen LogP contribution is 2.35. The molecule has 4 atom stereocenters. The third-order valence-electron chi connectivity index (χ3n) is 9.67. The average Bonchev–Trinajstić information content (AvgIpc) is 3.44. The van der Waals surface area contributed by atoms with E-state index in [2.05, 4.69) is 4.98 Å². The molecule has 6 rings (SSSR count). The van der Waals surface area contributed by atoms with Crippen molar-refractivity contribution in [1.82, 2.24) is 14.5 Å². The first-order valence-electron chi connectivity index (χ1n) is 18.4. The number of benzene rings is 1. The first-order chi connectivity index (χ1) is 24.3. The van der Waals surface area contributed by atoms with Gasteiger partial charge in [-0.05, 0) is 91.0 Å². The van der Waals surface area contributed by atoms with Crippen LogP contribution in [0.4, 0.5) is 5.82 Å². The number of hydrogen-bond acceptors (Lipinski definition) is 11. The second-order valence-corrected chi connectivity index (χ2v) is 15.1. The minimum Gasteiger partial charge on any atom is -0.396 e. The van der Waals surface area contributed by atoms with Crippen molar-refractivity contribution in [3.05, 3.63) is 30.1 Å². The lowest BCUT2D eigenvalue weighted by molar-refractivity contribution is -0.269. The van der Waals surface area contributed by atoms with Crippen molar-refractivity contribution in [3.8, 4) is 0 Å². The molecule has 3 fully saturated rings. The molecule has 1 saturated heterocycles. The number of aromatic nitrogens is 3. The number of carbonyl (C=O) groups excluding carboxylic acids is 2. The number of aliphatic hydroxyl groups excluding tert-OH is 2. The van der Waals surface area contributed by atoms with E-state index in [0.717, 1.165) is 61.7 Å². The standard InChI is InChI=1S/C21H24N4O5.C17H32O4/c1-4-29-9-15-23-18-19(24(15)12-21(2,3)28)13-7-5-6-8-14(13)22-20(18)25-16(26)10-30-11-17(25)27;1-17(2,20-15-7-3-5-13(9-15)11-18)21-16-8-4-6-14(10-16)12-19/h5-8,28H,4,9-12H2,1-3H3;13-16,18-19H,3-12H2,1-2H3. The van der Waals surface area contributed by atoms with Crippen molar-refractivity contribution in [2.45, 2.75) is 123 Å². The van der Waals surface area contributed by atoms with Crippen LogP contribution in [0, 0.1) is 11.8 Å². The zero-order valence-electron chi connectivity index (χ0n) is 30.8. The molecular formula is C38H56N4O9. The normalized spacial score (nSPS) is 23.5. The first kappa shape index (κ1) is 39.2. The zero-order chi connectivity index (χ0) is 36.8. The van der Waals surface area contributed by atoms with Crippen molar-refractivity contribution < 1.29 is 43.9 Å². The first-order valence-corrected chi connectivity index (χ1v) is 18.4. The smallest absolute Gasteiger partial charge is 0.261 e. The predicted molar refractivity (Wildman–Crippen MR) is 192 cm³/mol. The Labute approximate surface area is 300 Å². The summed E-state index contributed by atoms with van der Waals surface area (Å²) in [4.78, 5) is 35.4. The average molecular weight is 713 g/mol. The maximum absolute atomic E-state index is 12.5. The molecule has 0 radical (unpaired) electrons. The van der Waals surface area contributed by atoms with Gasteiger partial charge in [-0.15, -0.1) is 0 Å². The fourth-order valence-electron chi connectivity index (χ4n) is 7.47. The van der Waals surface area contributed by atoms with Crippen molar-refractivity contribution in [2.24, 2.45) is 11.8 Å². The van der Waals surface area contributed by atoms with Gasteiger partial charge in [0.1, 0.15) is 31.2 Å². The Morgan fingerprint density at radius 3 is 2.02 bits per heavy atom. The van der Waals surface area contributed by atoms with E-state index in [-0.39, 0.29) is 57.6 Å². The number of rotatable bonds is 12. The molecule has 51 heavy (non-hydrogen) atoms. The summed E-state index contributed by atoms with van der Waals surface area (Å²) >= 11 is 0. The number of ether oxygens (including phenoxy) is 4. The van der Waals surface area contributed by atoms with Gasteiger partial charge in [0.05, 0.1) is 35.4 Å². The van der Waals surface area contributed by atoms with Gasteiger partial charge in [0, 0.05) is 25.2 Å². The van der Waals surface area contributed by atoms with Crippen LogP contribution in [-0.2, 0) is 41.7 Å². The minimum atomic E-state index is -1.02. The number of carbonyl (C=O) groups is 2. The van der Waals surface area contributed by atoms with Gasteiger partial charge in [-0.25, -0.2) is 14.9 Å². The Morgan fingerprint density at radius 2 is 1.47 bits per heavy atom. The Hall–Kier alpha value is -3.04. The lowest BCUT2D eigenvalue weighted by atomic mass is 9.87. The number of pyridine rings is 1. The number of para-hydroxylation sites is 1. The monoisotopic (exact) mass is 712 g/mol. The van der Waals surface area contributed by atoms with E-state index >= 15 is 0 Å². The summed E-state index contributed by atoms with van der Waals surface area (Å²) in [6, 6.07) is 7.45. The maximum Gasteiger partial charge on any atom is 0.261 e. The number of imidazole rings is 1. The molecule has 3 aliphatic rings. The maximum atomic E-state index is 12.5. The molecule has 3 aromatic rings. The van der Waals surface area contributed by atoms with E-state index < -0.39 is 23.2 Å². The number of morpholine rings is 1. The summed E-state index contributed by atoms with van der Waals surface area (Å²) in [5, 5.41) is 30.0. The Kier molecular flexibility index (Phi) is 13.2. The van der Waals surface area contributed by atoms with E-state index in [4.69, 9.17) is 23.9 Å². The summed E-state index contributed by atoms with van der Waals surface area (Å²) in [5.74, 6) is -0.0291. The molecule has 282 valence electrons. The number of fused-ring (bicyclic) bond motifs is 3. The van der Waals surface area contributed by atoms with E-state index in [0.29, 0.717) is 40.8 Å². The van der Waals surface area contributed by atoms with Gasteiger partial charge in [0.2, 0.25) is 0 Å². The van der Waals surface area contributed by atoms with Crippen molar-refractivity contribution in [2.75, 3.05) is 37.9 Å². The van der Waals surface area contributed by atoms with Gasteiger partial charge in [-0.2, -0.15) is 0 Å². The number of aliphatic hydroxyl groups is 3. The van der Waals surface area contributed by atoms with Crippen molar-refractivity contribution in [3.63, 3.8) is 0 Å². The number of amides is 2. The van der Waals surface area contributed by atoms with Crippen LogP contribution in [0.15, 0.2) is 24.3 Å². The van der Waals surface area contributed by atoms with Crippen LogP contribution in [0.5, 0.6) is 0 Å². The van der Waals surface area contributed by atoms with E-state index in [1.807, 2.05) is 49.6 Å². The van der Waals surface area contributed by atoms with Crippen LogP contribution in [0.3, 0.4) is 0 Å². The van der Waals surface area contributed by atoms with Crippen LogP contribution >= 0.6 is 0 Å². The van der Waals surface area contributed by atoms with Gasteiger partial charge in [0.15, 0.2) is 11.6 Å². The van der Waals surface area contributed by atoms with Crippen LogP contribution in [0.1, 0.15) is 91.8 Å². The van der Waals surface area contributed by atoms with Gasteiger partial charge in [0.25, 0.3) is 11.8 Å². The molecule has 3 heterocycles. The molecule has 2 amide bonds. The van der Waals surface area contributed by atoms with Gasteiger partial charge in [-0.1, -0.05) is 31.0 Å². The molecule has 2 saturated carbocycles. The molecule has 0 spiro atoms. The number of nitrogens with zero attached hydrogens (tertiary/aromatic N) is 4. The summed E-state index contributed by atoms with van der Waals surface area (Å²) in [7, 11) is 0. The van der Waals surface area contributed by atoms with Crippen molar-refractivity contribution >= 4 is 39.6 Å². The van der Waals surface area contributed by atoms with E-state index in [1.54, 1.807) is 13.8 Å². The molecule has 4 unspecified atom stereocenters. The van der Waals surface area contributed by atoms with E-state index in [1.165, 1.54) is 0 Å². The lowest BCUT2D eigenvalue weighted by Crippen LogP contribution is -2.46. The molecule has 2 aromatic heterocycles. The highest BCUT2D eigenvalue weighted by Gasteiger charge is 2.35. The highest BCUT2D eigenvalue weighted by atomic mass is 16.7. The number of anilines is 1. The van der Waals surface area contributed by atoms with E-state index in [9.17, 15) is 24.9 Å². The molecule has 13 nitrogen and oxygen atoms in total. The van der Waals surface area contributed by atoms with Crippen LogP contribution < -0.4 is 4.90 Å². The topological polar surface area (TPSA) is 166 Å². The van der Waals surface area contributed by atoms with Crippen LogP contribution in [-0.4, -0.2) is 98.3 Å². The third kappa shape index (κ3) is 10.1. The molecule has 3 N–H and O–H groups in total. The van der Waals surface area contributed by atoms with Crippen LogP contribution in [0.25, 0.3) is 21.9 Å². The SMILES string of the molecule is CC(C)(OC1CCCC(CO)C1)OC1CCCC(CO)C1.CCOCc1nc2c(N3C(=O)COCC3=O)nc3ccccc3c2n1CC(C)(C)O. The van der Waals surface area contributed by atoms with Crippen LogP contribution in [0.2, 0.25) is 0 Å². The molecule has 13 heteroatoms. The highest BCUT2D eigenvalue weighted by molar-refractivity contribution is 6.21. The summed E-state index contributed by atoms with van der Waals surface area (Å²) in [6.45, 7) is 10.4. The molecule has 1 aromatic carbocycles. The third-order valence-corrected chi connectivity index (χ3v) is 9.67. The molecule has 1 aliphatic heterocycles. The Balaban J connectivity index is 0.000000211. The Morgan fingerprint density at radius 1 is 0.882 bits per heavy atom. The zero-order valence-corrected chi connectivity index (χ0v) is 30.8. The summed E-state index contributed by atoms with van der Waals surface area (Å²) in [6.07, 6.45) is 8.87. The summed E-state index contributed by atoms with van der Waals surface area (Å²) < 4.78 is 24.9. The van der Waals surface area contributed by atoms with Crippen molar-refractivity contribution in [1.29, 1.82) is 0 Å². The Bertz CT molecular complexity index is 1590.